The molecule has 27 heavy (non-hydrogen) atoms. The lowest BCUT2D eigenvalue weighted by Gasteiger charge is -2.38. The van der Waals surface area contributed by atoms with Gasteiger partial charge in [-0.05, 0) is 19.3 Å². The molecule has 1 atom stereocenters. The van der Waals surface area contributed by atoms with E-state index in [2.05, 4.69) is 4.72 Å². The van der Waals surface area contributed by atoms with E-state index in [-0.39, 0.29) is 36.0 Å². The molecule has 0 bridgehead atoms. The molecule has 0 aromatic rings. The molecule has 3 rings (SSSR count). The SMILES string of the molecule is CNS(=O)(=O)N1CCN(CC(=O)N(C2CCCC2)C2CCS(=O)(=O)C2)CC1. The lowest BCUT2D eigenvalue weighted by molar-refractivity contribution is -0.137. The van der Waals surface area contributed by atoms with E-state index in [1.54, 1.807) is 0 Å². The standard InChI is InChI=1S/C16H30N4O5S2/c1-17-27(24,25)19-9-7-18(8-10-19)12-16(21)20(14-4-2-3-5-14)15-6-11-26(22,23)13-15/h14-15,17H,2-13H2,1H3. The molecule has 2 heterocycles. The van der Waals surface area contributed by atoms with Gasteiger partial charge in [0, 0.05) is 45.3 Å². The van der Waals surface area contributed by atoms with Gasteiger partial charge in [0.25, 0.3) is 10.2 Å². The minimum Gasteiger partial charge on any atom is -0.335 e. The quantitative estimate of drug-likeness (QED) is 0.590. The van der Waals surface area contributed by atoms with Gasteiger partial charge in [-0.1, -0.05) is 12.8 Å². The highest BCUT2D eigenvalue weighted by atomic mass is 32.2. The number of rotatable bonds is 6. The molecular weight excluding hydrogens is 392 g/mol. The van der Waals surface area contributed by atoms with Crippen LogP contribution in [0.4, 0.5) is 0 Å². The van der Waals surface area contributed by atoms with Gasteiger partial charge in [-0.2, -0.15) is 12.7 Å². The van der Waals surface area contributed by atoms with E-state index in [4.69, 9.17) is 0 Å². The molecule has 2 aliphatic heterocycles. The number of carbonyl (C=O) groups is 1. The molecule has 1 aliphatic carbocycles. The third-order valence-electron chi connectivity index (χ3n) is 5.90. The summed E-state index contributed by atoms with van der Waals surface area (Å²) >= 11 is 0. The van der Waals surface area contributed by atoms with Gasteiger partial charge in [-0.25, -0.2) is 13.1 Å². The Balaban J connectivity index is 1.62. The van der Waals surface area contributed by atoms with Gasteiger partial charge in [0.2, 0.25) is 5.91 Å². The second kappa shape index (κ2) is 8.32. The van der Waals surface area contributed by atoms with Gasteiger partial charge in [0.15, 0.2) is 9.84 Å². The summed E-state index contributed by atoms with van der Waals surface area (Å²) in [5, 5.41) is 0. The Labute approximate surface area is 162 Å². The maximum Gasteiger partial charge on any atom is 0.279 e. The maximum atomic E-state index is 13.1. The van der Waals surface area contributed by atoms with Crippen LogP contribution in [0.3, 0.4) is 0 Å². The smallest absolute Gasteiger partial charge is 0.279 e. The van der Waals surface area contributed by atoms with Crippen LogP contribution in [0, 0.1) is 0 Å². The number of hydrogen-bond donors (Lipinski definition) is 1. The summed E-state index contributed by atoms with van der Waals surface area (Å²) in [6.07, 6.45) is 4.56. The molecular formula is C16H30N4O5S2. The molecule has 0 spiro atoms. The summed E-state index contributed by atoms with van der Waals surface area (Å²) in [6, 6.07) is -0.0710. The van der Waals surface area contributed by atoms with E-state index >= 15 is 0 Å². The van der Waals surface area contributed by atoms with Gasteiger partial charge < -0.3 is 4.90 Å². The van der Waals surface area contributed by atoms with Crippen molar-refractivity contribution >= 4 is 26.0 Å². The monoisotopic (exact) mass is 422 g/mol. The van der Waals surface area contributed by atoms with Crippen molar-refractivity contribution in [3.63, 3.8) is 0 Å². The fraction of sp³-hybridized carbons (Fsp3) is 0.938. The van der Waals surface area contributed by atoms with E-state index in [9.17, 15) is 21.6 Å². The van der Waals surface area contributed by atoms with Crippen molar-refractivity contribution in [3.05, 3.63) is 0 Å². The van der Waals surface area contributed by atoms with Gasteiger partial charge in [-0.15, -0.1) is 0 Å². The van der Waals surface area contributed by atoms with Crippen LogP contribution < -0.4 is 4.72 Å². The Kier molecular flexibility index (Phi) is 6.46. The fourth-order valence-electron chi connectivity index (χ4n) is 4.41. The molecule has 1 unspecified atom stereocenters. The summed E-state index contributed by atoms with van der Waals surface area (Å²) in [7, 11) is -5.10. The summed E-state index contributed by atoms with van der Waals surface area (Å²) in [5.74, 6) is 0.215. The van der Waals surface area contributed by atoms with Crippen LogP contribution in [0.2, 0.25) is 0 Å². The second-order valence-electron chi connectivity index (χ2n) is 7.68. The fourth-order valence-corrected chi connectivity index (χ4v) is 7.03. The topological polar surface area (TPSA) is 107 Å². The number of nitrogens with one attached hydrogen (secondary N) is 1. The Bertz CT molecular complexity index is 741. The Morgan fingerprint density at radius 3 is 2.22 bits per heavy atom. The minimum absolute atomic E-state index is 0.0195. The molecule has 1 saturated carbocycles. The second-order valence-corrected chi connectivity index (χ2v) is 11.8. The van der Waals surface area contributed by atoms with Crippen LogP contribution in [0.15, 0.2) is 0 Å². The van der Waals surface area contributed by atoms with Gasteiger partial charge in [0.05, 0.1) is 18.1 Å². The predicted octanol–water partition coefficient (Wildman–Crippen LogP) is -0.973. The van der Waals surface area contributed by atoms with E-state index in [0.29, 0.717) is 32.6 Å². The minimum atomic E-state index is -3.43. The molecule has 3 fully saturated rings. The zero-order valence-corrected chi connectivity index (χ0v) is 17.5. The van der Waals surface area contributed by atoms with Gasteiger partial charge in [-0.3, -0.25) is 9.69 Å². The predicted molar refractivity (Wildman–Crippen MR) is 102 cm³/mol. The van der Waals surface area contributed by atoms with Crippen LogP contribution in [0.25, 0.3) is 0 Å². The highest BCUT2D eigenvalue weighted by Gasteiger charge is 2.39. The van der Waals surface area contributed by atoms with Crippen molar-refractivity contribution in [3.8, 4) is 0 Å². The molecule has 156 valence electrons. The van der Waals surface area contributed by atoms with Crippen molar-refractivity contribution in [2.45, 2.75) is 44.2 Å². The van der Waals surface area contributed by atoms with Crippen molar-refractivity contribution in [2.24, 2.45) is 0 Å². The van der Waals surface area contributed by atoms with E-state index in [0.717, 1.165) is 25.7 Å². The lowest BCUT2D eigenvalue weighted by Crippen LogP contribution is -2.55. The molecule has 0 aromatic carbocycles. The summed E-state index contributed by atoms with van der Waals surface area (Å²) in [6.45, 7) is 1.90. The average molecular weight is 423 g/mol. The third kappa shape index (κ3) is 5.00. The van der Waals surface area contributed by atoms with Gasteiger partial charge >= 0.3 is 0 Å². The first-order valence-corrected chi connectivity index (χ1v) is 12.9. The first-order valence-electron chi connectivity index (χ1n) is 9.64. The number of sulfone groups is 1. The van der Waals surface area contributed by atoms with Crippen molar-refractivity contribution in [1.82, 2.24) is 18.8 Å². The first-order chi connectivity index (χ1) is 12.7. The number of carbonyl (C=O) groups excluding carboxylic acids is 1. The highest BCUT2D eigenvalue weighted by molar-refractivity contribution is 7.91. The zero-order valence-electron chi connectivity index (χ0n) is 15.8. The molecule has 1 N–H and O–H groups in total. The summed E-state index contributed by atoms with van der Waals surface area (Å²) in [5.41, 5.74) is 0. The van der Waals surface area contributed by atoms with Crippen LogP contribution in [0.5, 0.6) is 0 Å². The van der Waals surface area contributed by atoms with E-state index in [1.165, 1.54) is 11.4 Å². The molecule has 2 saturated heterocycles. The van der Waals surface area contributed by atoms with Crippen LogP contribution >= 0.6 is 0 Å². The molecule has 9 nitrogen and oxygen atoms in total. The number of nitrogens with zero attached hydrogens (tertiary/aromatic N) is 3. The number of hydrogen-bond acceptors (Lipinski definition) is 6. The normalized spacial score (nSPS) is 27.8. The molecule has 0 aromatic heterocycles. The van der Waals surface area contributed by atoms with Crippen molar-refractivity contribution < 1.29 is 21.6 Å². The first kappa shape index (κ1) is 21.0. The average Bonchev–Trinajstić information content (AvgIpc) is 3.26. The Morgan fingerprint density at radius 1 is 1.07 bits per heavy atom. The van der Waals surface area contributed by atoms with Gasteiger partial charge in [0.1, 0.15) is 0 Å². The molecule has 11 heteroatoms. The third-order valence-corrected chi connectivity index (χ3v) is 9.21. The van der Waals surface area contributed by atoms with Crippen LogP contribution in [-0.2, 0) is 24.8 Å². The Morgan fingerprint density at radius 2 is 1.70 bits per heavy atom. The van der Waals surface area contributed by atoms with E-state index < -0.39 is 20.0 Å². The summed E-state index contributed by atoms with van der Waals surface area (Å²) < 4.78 is 51.3. The molecule has 0 radical (unpaired) electrons. The molecule has 3 aliphatic rings. The highest BCUT2D eigenvalue weighted by Crippen LogP contribution is 2.29. The van der Waals surface area contributed by atoms with Crippen LogP contribution in [0.1, 0.15) is 32.1 Å². The van der Waals surface area contributed by atoms with Crippen molar-refractivity contribution in [2.75, 3.05) is 51.3 Å². The van der Waals surface area contributed by atoms with Crippen molar-refractivity contribution in [1.29, 1.82) is 0 Å². The number of piperazine rings is 1. The summed E-state index contributed by atoms with van der Waals surface area (Å²) in [4.78, 5) is 16.9. The maximum absolute atomic E-state index is 13.1. The zero-order chi connectivity index (χ0) is 19.7. The van der Waals surface area contributed by atoms with E-state index in [1.807, 2.05) is 9.80 Å². The number of amides is 1. The molecule has 1 amide bonds. The van der Waals surface area contributed by atoms with Crippen LogP contribution in [-0.4, -0.2) is 100 Å². The lowest BCUT2D eigenvalue weighted by atomic mass is 10.1. The Hall–Kier alpha value is -0.750. The largest absolute Gasteiger partial charge is 0.335 e.